The van der Waals surface area contributed by atoms with Crippen molar-refractivity contribution in [2.45, 2.75) is 50.3 Å². The van der Waals surface area contributed by atoms with Crippen molar-refractivity contribution in [2.24, 2.45) is 0 Å². The van der Waals surface area contributed by atoms with Crippen molar-refractivity contribution in [3.05, 3.63) is 54.1 Å². The monoisotopic (exact) mass is 403 g/mol. The third kappa shape index (κ3) is 4.10. The summed E-state index contributed by atoms with van der Waals surface area (Å²) in [5.41, 5.74) is 0.469. The van der Waals surface area contributed by atoms with Gasteiger partial charge in [0.15, 0.2) is 0 Å². The zero-order valence-corrected chi connectivity index (χ0v) is 17.7. The summed E-state index contributed by atoms with van der Waals surface area (Å²) >= 11 is 0. The van der Waals surface area contributed by atoms with Crippen LogP contribution in [0.15, 0.2) is 53.4 Å². The van der Waals surface area contributed by atoms with E-state index in [9.17, 15) is 8.42 Å². The lowest BCUT2D eigenvalue weighted by Gasteiger charge is -2.32. The molecule has 0 unspecified atom stereocenters. The van der Waals surface area contributed by atoms with Gasteiger partial charge in [-0.1, -0.05) is 36.4 Å². The van der Waals surface area contributed by atoms with E-state index in [1.807, 2.05) is 58.0 Å². The van der Waals surface area contributed by atoms with Crippen LogP contribution in [0.25, 0.3) is 0 Å². The molecular formula is C20H26BNO5S. The molecule has 1 saturated heterocycles. The maximum atomic E-state index is 12.9. The highest BCUT2D eigenvalue weighted by atomic mass is 32.2. The fourth-order valence-corrected chi connectivity index (χ4v) is 4.10. The highest BCUT2D eigenvalue weighted by Crippen LogP contribution is 2.37. The van der Waals surface area contributed by atoms with Crippen LogP contribution < -0.4 is 14.9 Å². The number of benzene rings is 2. The molecule has 1 aliphatic rings. The van der Waals surface area contributed by atoms with Crippen LogP contribution >= 0.6 is 0 Å². The van der Waals surface area contributed by atoms with E-state index in [0.29, 0.717) is 5.46 Å². The van der Waals surface area contributed by atoms with E-state index in [-0.39, 0.29) is 17.2 Å². The standard InChI is InChI=1S/C20H26BNO5S/c1-19(2)20(3,4)27-21(26-19)16-11-12-17(25-5)18(13-16)28(23,24)22-14-15-9-7-6-8-10-15/h6-13,22H,14H2,1-5H3. The van der Waals surface area contributed by atoms with E-state index in [1.54, 1.807) is 18.2 Å². The fraction of sp³-hybridized carbons (Fsp3) is 0.400. The third-order valence-electron chi connectivity index (χ3n) is 5.31. The van der Waals surface area contributed by atoms with Crippen LogP contribution in [0.4, 0.5) is 0 Å². The molecule has 2 aromatic carbocycles. The van der Waals surface area contributed by atoms with E-state index in [2.05, 4.69) is 4.72 Å². The van der Waals surface area contributed by atoms with E-state index in [0.717, 1.165) is 5.56 Å². The van der Waals surface area contributed by atoms with Gasteiger partial charge < -0.3 is 14.0 Å². The fourth-order valence-electron chi connectivity index (χ4n) is 2.88. The summed E-state index contributed by atoms with van der Waals surface area (Å²) in [6, 6.07) is 14.3. The van der Waals surface area contributed by atoms with E-state index >= 15 is 0 Å². The molecule has 2 aromatic rings. The van der Waals surface area contributed by atoms with Crippen molar-refractivity contribution in [3.63, 3.8) is 0 Å². The van der Waals surface area contributed by atoms with Gasteiger partial charge >= 0.3 is 7.12 Å². The predicted molar refractivity (Wildman–Crippen MR) is 109 cm³/mol. The summed E-state index contributed by atoms with van der Waals surface area (Å²) in [5.74, 6) is 0.265. The van der Waals surface area contributed by atoms with Gasteiger partial charge in [-0.2, -0.15) is 0 Å². The Morgan fingerprint density at radius 3 is 2.18 bits per heavy atom. The maximum Gasteiger partial charge on any atom is 0.494 e. The van der Waals surface area contributed by atoms with Crippen molar-refractivity contribution in [2.75, 3.05) is 7.11 Å². The lowest BCUT2D eigenvalue weighted by molar-refractivity contribution is 0.00578. The molecule has 1 fully saturated rings. The molecule has 0 bridgehead atoms. The van der Waals surface area contributed by atoms with Gasteiger partial charge in [0, 0.05) is 6.54 Å². The summed E-state index contributed by atoms with van der Waals surface area (Å²) in [5, 5.41) is 0. The summed E-state index contributed by atoms with van der Waals surface area (Å²) in [6.45, 7) is 8.00. The van der Waals surface area contributed by atoms with Crippen LogP contribution in [0, 0.1) is 0 Å². The van der Waals surface area contributed by atoms with Crippen LogP contribution in [0.2, 0.25) is 0 Å². The number of rotatable bonds is 6. The molecule has 0 aromatic heterocycles. The zero-order chi connectivity index (χ0) is 20.6. The van der Waals surface area contributed by atoms with Gasteiger partial charge in [0.05, 0.1) is 18.3 Å². The summed E-state index contributed by atoms with van der Waals surface area (Å²) in [7, 11) is -3.01. The molecule has 1 aliphatic heterocycles. The molecule has 1 N–H and O–H groups in total. The Morgan fingerprint density at radius 1 is 1.00 bits per heavy atom. The second-order valence-electron chi connectivity index (χ2n) is 7.81. The van der Waals surface area contributed by atoms with Crippen molar-refractivity contribution < 1.29 is 22.5 Å². The smallest absolute Gasteiger partial charge is 0.494 e. The molecule has 3 rings (SSSR count). The van der Waals surface area contributed by atoms with Gasteiger partial charge in [-0.05, 0) is 50.9 Å². The van der Waals surface area contributed by atoms with Crippen LogP contribution in [-0.4, -0.2) is 33.8 Å². The molecule has 6 nitrogen and oxygen atoms in total. The SMILES string of the molecule is COc1ccc(B2OC(C)(C)C(C)(C)O2)cc1S(=O)(=O)NCc1ccccc1. The number of sulfonamides is 1. The molecule has 1 heterocycles. The first-order valence-corrected chi connectivity index (χ1v) is 10.6. The quantitative estimate of drug-likeness (QED) is 0.751. The normalized spacial score (nSPS) is 18.2. The average molecular weight is 403 g/mol. The second-order valence-corrected chi connectivity index (χ2v) is 9.54. The molecule has 28 heavy (non-hydrogen) atoms. The van der Waals surface area contributed by atoms with Crippen molar-refractivity contribution in [1.29, 1.82) is 0 Å². The Hall–Kier alpha value is -1.87. The number of hydrogen-bond acceptors (Lipinski definition) is 5. The molecule has 8 heteroatoms. The lowest BCUT2D eigenvalue weighted by Crippen LogP contribution is -2.41. The Labute approximate surface area is 167 Å². The molecule has 0 radical (unpaired) electrons. The van der Waals surface area contributed by atoms with E-state index in [1.165, 1.54) is 7.11 Å². The molecule has 0 amide bonds. The number of methoxy groups -OCH3 is 1. The summed E-state index contributed by atoms with van der Waals surface area (Å²) in [6.07, 6.45) is 0. The molecule has 0 saturated carbocycles. The Morgan fingerprint density at radius 2 is 1.61 bits per heavy atom. The average Bonchev–Trinajstić information content (AvgIpc) is 2.88. The minimum absolute atomic E-state index is 0.0538. The zero-order valence-electron chi connectivity index (χ0n) is 16.9. The van der Waals surface area contributed by atoms with Crippen molar-refractivity contribution in [1.82, 2.24) is 4.72 Å². The number of ether oxygens (including phenoxy) is 1. The lowest BCUT2D eigenvalue weighted by atomic mass is 9.79. The highest BCUT2D eigenvalue weighted by molar-refractivity contribution is 7.89. The molecule has 0 aliphatic carbocycles. The first kappa shape index (κ1) is 20.9. The van der Waals surface area contributed by atoms with Gasteiger partial charge in [-0.3, -0.25) is 0 Å². The molecule has 0 atom stereocenters. The van der Waals surface area contributed by atoms with Crippen LogP contribution in [-0.2, 0) is 25.9 Å². The van der Waals surface area contributed by atoms with E-state index < -0.39 is 28.3 Å². The molecule has 0 spiro atoms. The molecule has 150 valence electrons. The van der Waals surface area contributed by atoms with Gasteiger partial charge in [-0.25, -0.2) is 13.1 Å². The van der Waals surface area contributed by atoms with Crippen molar-refractivity contribution >= 4 is 22.6 Å². The Balaban J connectivity index is 1.89. The molecular weight excluding hydrogens is 377 g/mol. The minimum atomic E-state index is -3.80. The summed E-state index contributed by atoms with van der Waals surface area (Å²) < 4.78 is 45.9. The largest absolute Gasteiger partial charge is 0.495 e. The van der Waals surface area contributed by atoms with Crippen LogP contribution in [0.5, 0.6) is 5.75 Å². The maximum absolute atomic E-state index is 12.9. The second kappa shape index (κ2) is 7.52. The predicted octanol–water partition coefficient (Wildman–Crippen LogP) is 2.47. The number of hydrogen-bond donors (Lipinski definition) is 1. The van der Waals surface area contributed by atoms with Crippen LogP contribution in [0.1, 0.15) is 33.3 Å². The minimum Gasteiger partial charge on any atom is -0.495 e. The van der Waals surface area contributed by atoms with Gasteiger partial charge in [0.2, 0.25) is 10.0 Å². The van der Waals surface area contributed by atoms with Gasteiger partial charge in [0.1, 0.15) is 10.6 Å². The third-order valence-corrected chi connectivity index (χ3v) is 6.73. The Kier molecular flexibility index (Phi) is 5.60. The van der Waals surface area contributed by atoms with Crippen molar-refractivity contribution in [3.8, 4) is 5.75 Å². The highest BCUT2D eigenvalue weighted by Gasteiger charge is 2.51. The van der Waals surface area contributed by atoms with Gasteiger partial charge in [-0.15, -0.1) is 0 Å². The summed E-state index contributed by atoms with van der Waals surface area (Å²) in [4.78, 5) is 0.0538. The topological polar surface area (TPSA) is 73.9 Å². The first-order valence-electron chi connectivity index (χ1n) is 9.13. The number of nitrogens with one attached hydrogen (secondary N) is 1. The van der Waals surface area contributed by atoms with Gasteiger partial charge in [0.25, 0.3) is 0 Å². The van der Waals surface area contributed by atoms with E-state index in [4.69, 9.17) is 14.0 Å². The Bertz CT molecular complexity index is 928. The van der Waals surface area contributed by atoms with Crippen LogP contribution in [0.3, 0.4) is 0 Å². The first-order chi connectivity index (χ1) is 13.1.